The summed E-state index contributed by atoms with van der Waals surface area (Å²) in [4.78, 5) is 12.0. The summed E-state index contributed by atoms with van der Waals surface area (Å²) in [6, 6.07) is 14.6. The number of aliphatic hydroxyl groups excluding tert-OH is 1. The molecule has 0 saturated heterocycles. The minimum Gasteiger partial charge on any atom is -0.497 e. The molecule has 0 radical (unpaired) electrons. The lowest BCUT2D eigenvalue weighted by molar-refractivity contribution is -0.156. The smallest absolute Gasteiger partial charge is 0.335 e. The number of ether oxygens (including phenoxy) is 4. The monoisotopic (exact) mass is 388 g/mol. The minimum absolute atomic E-state index is 0.122. The summed E-state index contributed by atoms with van der Waals surface area (Å²) in [6.07, 6.45) is -0.952. The zero-order valence-electron chi connectivity index (χ0n) is 16.6. The first-order chi connectivity index (χ1) is 13.6. The number of esters is 1. The molecule has 152 valence electrons. The Kier molecular flexibility index (Phi) is 8.78. The van der Waals surface area contributed by atoms with E-state index in [1.165, 1.54) is 0 Å². The van der Waals surface area contributed by atoms with Gasteiger partial charge in [-0.1, -0.05) is 24.3 Å². The van der Waals surface area contributed by atoms with Crippen molar-refractivity contribution in [1.82, 2.24) is 0 Å². The standard InChI is InChI=1S/C22H28O6/c1-4-26-21(22(24)27-5-2)13-16-9-11-18(12-10-16)28-15-20(23)17-7-6-8-19(14-17)25-3/h6-12,14,20-21,23H,4-5,13,15H2,1-3H3/t20-,21+/m1/s1. The molecule has 0 spiro atoms. The van der Waals surface area contributed by atoms with Crippen molar-refractivity contribution < 1.29 is 28.8 Å². The lowest BCUT2D eigenvalue weighted by Gasteiger charge is -2.16. The van der Waals surface area contributed by atoms with Gasteiger partial charge in [0.15, 0.2) is 6.10 Å². The number of methoxy groups -OCH3 is 1. The maximum absolute atomic E-state index is 12.0. The van der Waals surface area contributed by atoms with Crippen molar-refractivity contribution in [2.24, 2.45) is 0 Å². The van der Waals surface area contributed by atoms with Crippen molar-refractivity contribution in [3.8, 4) is 11.5 Å². The molecule has 0 aromatic heterocycles. The van der Waals surface area contributed by atoms with Crippen molar-refractivity contribution in [3.05, 3.63) is 59.7 Å². The number of hydrogen-bond donors (Lipinski definition) is 1. The Hall–Kier alpha value is -2.57. The average Bonchev–Trinajstić information content (AvgIpc) is 2.72. The molecule has 0 fully saturated rings. The molecular formula is C22H28O6. The number of rotatable bonds is 11. The van der Waals surface area contributed by atoms with Crippen molar-refractivity contribution in [3.63, 3.8) is 0 Å². The normalized spacial score (nSPS) is 12.9. The second-order valence-corrected chi connectivity index (χ2v) is 6.15. The average molecular weight is 388 g/mol. The van der Waals surface area contributed by atoms with Crippen LogP contribution in [0.4, 0.5) is 0 Å². The first kappa shape index (κ1) is 21.7. The Morgan fingerprint density at radius 2 is 1.79 bits per heavy atom. The van der Waals surface area contributed by atoms with Crippen LogP contribution in [0.2, 0.25) is 0 Å². The molecule has 2 rings (SSSR count). The Balaban J connectivity index is 1.91. The van der Waals surface area contributed by atoms with E-state index in [2.05, 4.69) is 0 Å². The number of hydrogen-bond acceptors (Lipinski definition) is 6. The molecule has 2 aromatic rings. The molecule has 0 saturated carbocycles. The maximum Gasteiger partial charge on any atom is 0.335 e. The van der Waals surface area contributed by atoms with Crippen LogP contribution >= 0.6 is 0 Å². The fraction of sp³-hybridized carbons (Fsp3) is 0.409. The highest BCUT2D eigenvalue weighted by atomic mass is 16.6. The van der Waals surface area contributed by atoms with Crippen LogP contribution in [-0.4, -0.2) is 44.1 Å². The van der Waals surface area contributed by atoms with Gasteiger partial charge >= 0.3 is 5.97 Å². The van der Waals surface area contributed by atoms with E-state index in [9.17, 15) is 9.90 Å². The van der Waals surface area contributed by atoms with Crippen LogP contribution in [-0.2, 0) is 20.7 Å². The zero-order valence-corrected chi connectivity index (χ0v) is 16.6. The molecule has 2 aromatic carbocycles. The second-order valence-electron chi connectivity index (χ2n) is 6.15. The summed E-state index contributed by atoms with van der Waals surface area (Å²) in [7, 11) is 1.58. The molecule has 0 unspecified atom stereocenters. The molecule has 28 heavy (non-hydrogen) atoms. The van der Waals surface area contributed by atoms with Crippen LogP contribution in [0.1, 0.15) is 31.1 Å². The van der Waals surface area contributed by atoms with Crippen LogP contribution < -0.4 is 9.47 Å². The summed E-state index contributed by atoms with van der Waals surface area (Å²) in [5.41, 5.74) is 1.66. The van der Waals surface area contributed by atoms with E-state index in [0.717, 1.165) is 11.1 Å². The van der Waals surface area contributed by atoms with Gasteiger partial charge < -0.3 is 24.1 Å². The third kappa shape index (κ3) is 6.55. The van der Waals surface area contributed by atoms with Gasteiger partial charge in [0.2, 0.25) is 0 Å². The van der Waals surface area contributed by atoms with Crippen molar-refractivity contribution in [2.45, 2.75) is 32.5 Å². The van der Waals surface area contributed by atoms with Crippen LogP contribution in [0, 0.1) is 0 Å². The third-order valence-electron chi connectivity index (χ3n) is 4.15. The molecule has 0 aliphatic rings. The van der Waals surface area contributed by atoms with E-state index in [-0.39, 0.29) is 12.6 Å². The van der Waals surface area contributed by atoms with Gasteiger partial charge in [-0.3, -0.25) is 0 Å². The lowest BCUT2D eigenvalue weighted by Crippen LogP contribution is -2.28. The number of aliphatic hydroxyl groups is 1. The van der Waals surface area contributed by atoms with Crippen molar-refractivity contribution in [1.29, 1.82) is 0 Å². The quantitative estimate of drug-likeness (QED) is 0.595. The Labute approximate surface area is 166 Å². The highest BCUT2D eigenvalue weighted by Gasteiger charge is 2.20. The Morgan fingerprint density at radius 3 is 2.43 bits per heavy atom. The number of carbonyl (C=O) groups is 1. The van der Waals surface area contributed by atoms with Gasteiger partial charge in [-0.05, 0) is 49.2 Å². The van der Waals surface area contributed by atoms with Gasteiger partial charge in [-0.25, -0.2) is 4.79 Å². The highest BCUT2D eigenvalue weighted by Crippen LogP contribution is 2.21. The summed E-state index contributed by atoms with van der Waals surface area (Å²) >= 11 is 0. The number of carbonyl (C=O) groups excluding carboxylic acids is 1. The molecular weight excluding hydrogens is 360 g/mol. The summed E-state index contributed by atoms with van der Waals surface area (Å²) in [5, 5.41) is 10.3. The molecule has 1 N–H and O–H groups in total. The van der Waals surface area contributed by atoms with Crippen molar-refractivity contribution in [2.75, 3.05) is 26.9 Å². The predicted molar refractivity (Wildman–Crippen MR) is 106 cm³/mol. The molecule has 0 aliphatic carbocycles. The molecule has 6 heteroatoms. The van der Waals surface area contributed by atoms with Crippen LogP contribution in [0.15, 0.2) is 48.5 Å². The van der Waals surface area contributed by atoms with Crippen molar-refractivity contribution >= 4 is 5.97 Å². The molecule has 0 bridgehead atoms. The topological polar surface area (TPSA) is 74.2 Å². The third-order valence-corrected chi connectivity index (χ3v) is 4.15. The van der Waals surface area contributed by atoms with Gasteiger partial charge in [0.05, 0.1) is 13.7 Å². The number of benzene rings is 2. The van der Waals surface area contributed by atoms with Gasteiger partial charge in [0.1, 0.15) is 24.2 Å². The lowest BCUT2D eigenvalue weighted by atomic mass is 10.1. The fourth-order valence-corrected chi connectivity index (χ4v) is 2.70. The van der Waals surface area contributed by atoms with E-state index >= 15 is 0 Å². The van der Waals surface area contributed by atoms with Crippen LogP contribution in [0.25, 0.3) is 0 Å². The van der Waals surface area contributed by atoms with E-state index in [0.29, 0.717) is 31.1 Å². The highest BCUT2D eigenvalue weighted by molar-refractivity contribution is 5.75. The predicted octanol–water partition coefficient (Wildman–Crippen LogP) is 3.32. The summed E-state index contributed by atoms with van der Waals surface area (Å²) in [6.45, 7) is 4.50. The van der Waals surface area contributed by atoms with Crippen LogP contribution in [0.3, 0.4) is 0 Å². The minimum atomic E-state index is -0.763. The Bertz CT molecular complexity index is 728. The zero-order chi connectivity index (χ0) is 20.4. The van der Waals surface area contributed by atoms with Gasteiger partial charge in [-0.15, -0.1) is 0 Å². The van der Waals surface area contributed by atoms with Gasteiger partial charge in [0.25, 0.3) is 0 Å². The molecule has 6 nitrogen and oxygen atoms in total. The van der Waals surface area contributed by atoms with E-state index in [4.69, 9.17) is 18.9 Å². The Morgan fingerprint density at radius 1 is 1.04 bits per heavy atom. The first-order valence-electron chi connectivity index (χ1n) is 9.39. The molecule has 2 atom stereocenters. The summed E-state index contributed by atoms with van der Waals surface area (Å²) in [5.74, 6) is 0.965. The van der Waals surface area contributed by atoms with Gasteiger partial charge in [-0.2, -0.15) is 0 Å². The van der Waals surface area contributed by atoms with E-state index in [1.807, 2.05) is 49.4 Å². The van der Waals surface area contributed by atoms with Crippen LogP contribution in [0.5, 0.6) is 11.5 Å². The largest absolute Gasteiger partial charge is 0.497 e. The first-order valence-corrected chi connectivity index (χ1v) is 9.39. The molecule has 0 aliphatic heterocycles. The molecule has 0 heterocycles. The summed E-state index contributed by atoms with van der Waals surface area (Å²) < 4.78 is 21.4. The molecule has 0 amide bonds. The maximum atomic E-state index is 12.0. The van der Waals surface area contributed by atoms with E-state index < -0.39 is 12.2 Å². The van der Waals surface area contributed by atoms with Gasteiger partial charge in [0, 0.05) is 13.0 Å². The van der Waals surface area contributed by atoms with E-state index in [1.54, 1.807) is 20.1 Å². The fourth-order valence-electron chi connectivity index (χ4n) is 2.70. The SMILES string of the molecule is CCOC(=O)[C@H](Cc1ccc(OC[C@@H](O)c2cccc(OC)c2)cc1)OCC. The second kappa shape index (κ2) is 11.3.